The molecule has 1 aromatic carbocycles. The minimum atomic E-state index is -0.197. The zero-order chi connectivity index (χ0) is 25.0. The van der Waals surface area contributed by atoms with Crippen molar-refractivity contribution < 1.29 is 14.3 Å². The highest BCUT2D eigenvalue weighted by molar-refractivity contribution is 5.72. The molecule has 35 heavy (non-hydrogen) atoms. The number of esters is 1. The summed E-state index contributed by atoms with van der Waals surface area (Å²) in [6.07, 6.45) is 20.2. The highest BCUT2D eigenvalue weighted by Crippen LogP contribution is 2.21. The molecular weight excluding hydrogens is 434 g/mol. The summed E-state index contributed by atoms with van der Waals surface area (Å²) in [5, 5.41) is 0. The number of unbranched alkanes of at least 4 members (excludes halogenated alkanes) is 7. The molecule has 0 unspecified atom stereocenters. The Kier molecular flexibility index (Phi) is 15.5. The molecule has 0 saturated carbocycles. The van der Waals surface area contributed by atoms with Crippen molar-refractivity contribution >= 4 is 5.97 Å². The number of carbonyl (C=O) groups excluding carboxylic acids is 1. The normalized spacial score (nSPS) is 11.3. The van der Waals surface area contributed by atoms with Gasteiger partial charge in [-0.05, 0) is 69.1 Å². The average molecular weight is 480 g/mol. The lowest BCUT2D eigenvalue weighted by Gasteiger charge is -2.07. The van der Waals surface area contributed by atoms with Gasteiger partial charge in [0.2, 0.25) is 0 Å². The number of benzene rings is 1. The SMILES string of the molecule is CCCCCC/C=C\CCCC(=O)Oc1ccc(-c2ccc(CCCCCOCCC)cc2)nc1. The summed E-state index contributed by atoms with van der Waals surface area (Å²) in [5.41, 5.74) is 3.30. The Bertz CT molecular complexity index is 827. The van der Waals surface area contributed by atoms with Crippen LogP contribution >= 0.6 is 0 Å². The van der Waals surface area contributed by atoms with Crippen molar-refractivity contribution in [2.45, 2.75) is 97.3 Å². The van der Waals surface area contributed by atoms with Crippen LogP contribution in [0.1, 0.15) is 96.5 Å². The second-order valence-corrected chi connectivity index (χ2v) is 9.19. The van der Waals surface area contributed by atoms with E-state index in [0.29, 0.717) is 12.2 Å². The topological polar surface area (TPSA) is 48.4 Å². The number of hydrogen-bond acceptors (Lipinski definition) is 4. The van der Waals surface area contributed by atoms with Gasteiger partial charge in [0.15, 0.2) is 0 Å². The number of pyridine rings is 1. The summed E-state index contributed by atoms with van der Waals surface area (Å²) in [6, 6.07) is 12.3. The number of carbonyl (C=O) groups is 1. The lowest BCUT2D eigenvalue weighted by Crippen LogP contribution is -2.07. The average Bonchev–Trinajstić information content (AvgIpc) is 2.88. The van der Waals surface area contributed by atoms with E-state index in [1.54, 1.807) is 6.20 Å². The van der Waals surface area contributed by atoms with Gasteiger partial charge in [0.25, 0.3) is 0 Å². The minimum absolute atomic E-state index is 0.197. The first-order chi connectivity index (χ1) is 17.2. The lowest BCUT2D eigenvalue weighted by molar-refractivity contribution is -0.134. The number of allylic oxidation sites excluding steroid dienone is 2. The maximum Gasteiger partial charge on any atom is 0.311 e. The molecule has 1 aromatic heterocycles. The van der Waals surface area contributed by atoms with E-state index in [-0.39, 0.29) is 5.97 Å². The van der Waals surface area contributed by atoms with Crippen molar-refractivity contribution in [3.63, 3.8) is 0 Å². The Balaban J connectivity index is 1.64. The zero-order valence-electron chi connectivity index (χ0n) is 22.0. The second-order valence-electron chi connectivity index (χ2n) is 9.19. The van der Waals surface area contributed by atoms with E-state index in [1.165, 1.54) is 44.1 Å². The number of rotatable bonds is 19. The Morgan fingerprint density at radius 2 is 1.57 bits per heavy atom. The molecule has 4 heteroatoms. The Morgan fingerprint density at radius 1 is 0.800 bits per heavy atom. The number of hydrogen-bond donors (Lipinski definition) is 0. The molecule has 0 bridgehead atoms. The maximum atomic E-state index is 12.1. The molecule has 2 rings (SSSR count). The van der Waals surface area contributed by atoms with E-state index >= 15 is 0 Å². The number of aromatic nitrogens is 1. The van der Waals surface area contributed by atoms with E-state index in [2.05, 4.69) is 55.2 Å². The molecule has 4 nitrogen and oxygen atoms in total. The first-order valence-corrected chi connectivity index (χ1v) is 13.7. The minimum Gasteiger partial charge on any atom is -0.425 e. The molecular formula is C31H45NO3. The van der Waals surface area contributed by atoms with Crippen LogP contribution < -0.4 is 4.74 Å². The van der Waals surface area contributed by atoms with Crippen LogP contribution in [0.5, 0.6) is 5.75 Å². The summed E-state index contributed by atoms with van der Waals surface area (Å²) in [5.74, 6) is 0.307. The summed E-state index contributed by atoms with van der Waals surface area (Å²) in [7, 11) is 0. The maximum absolute atomic E-state index is 12.1. The van der Waals surface area contributed by atoms with Gasteiger partial charge in [-0.15, -0.1) is 0 Å². The van der Waals surface area contributed by atoms with Crippen molar-refractivity contribution in [2.75, 3.05) is 13.2 Å². The fourth-order valence-corrected chi connectivity index (χ4v) is 3.88. The molecule has 1 heterocycles. The summed E-state index contributed by atoms with van der Waals surface area (Å²) in [6.45, 7) is 6.11. The monoisotopic (exact) mass is 479 g/mol. The molecule has 0 fully saturated rings. The molecule has 0 spiro atoms. The van der Waals surface area contributed by atoms with Crippen LogP contribution in [-0.4, -0.2) is 24.2 Å². The molecule has 0 atom stereocenters. The van der Waals surface area contributed by atoms with Gasteiger partial charge in [-0.25, -0.2) is 0 Å². The Hall–Kier alpha value is -2.46. The van der Waals surface area contributed by atoms with Crippen LogP contribution in [-0.2, 0) is 16.0 Å². The van der Waals surface area contributed by atoms with E-state index in [4.69, 9.17) is 9.47 Å². The molecule has 0 amide bonds. The highest BCUT2D eigenvalue weighted by atomic mass is 16.5. The predicted molar refractivity (Wildman–Crippen MR) is 146 cm³/mol. The van der Waals surface area contributed by atoms with Gasteiger partial charge in [0, 0.05) is 25.2 Å². The van der Waals surface area contributed by atoms with Gasteiger partial charge >= 0.3 is 5.97 Å². The van der Waals surface area contributed by atoms with E-state index < -0.39 is 0 Å². The predicted octanol–water partition coefficient (Wildman–Crippen LogP) is 8.49. The van der Waals surface area contributed by atoms with Crippen LogP contribution in [0.15, 0.2) is 54.7 Å². The van der Waals surface area contributed by atoms with Crippen LogP contribution in [0, 0.1) is 0 Å². The summed E-state index contributed by atoms with van der Waals surface area (Å²) < 4.78 is 11.0. The van der Waals surface area contributed by atoms with Crippen LogP contribution in [0.3, 0.4) is 0 Å². The number of nitrogens with zero attached hydrogens (tertiary/aromatic N) is 1. The van der Waals surface area contributed by atoms with Crippen molar-refractivity contribution in [3.8, 4) is 17.0 Å². The molecule has 0 radical (unpaired) electrons. The van der Waals surface area contributed by atoms with Crippen LogP contribution in [0.25, 0.3) is 11.3 Å². The highest BCUT2D eigenvalue weighted by Gasteiger charge is 2.06. The molecule has 0 N–H and O–H groups in total. The first kappa shape index (κ1) is 28.8. The standard InChI is InChI=1S/C31H45NO3/c1-3-5-6-7-8-9-10-11-14-17-31(33)35-29-22-23-30(32-26-29)28-20-18-27(19-21-28)16-13-12-15-25-34-24-4-2/h9-10,18-23,26H,3-8,11-17,24-25H2,1-2H3/b10-9-. The molecule has 0 aliphatic heterocycles. The van der Waals surface area contributed by atoms with E-state index in [1.807, 2.05) is 12.1 Å². The van der Waals surface area contributed by atoms with Gasteiger partial charge in [-0.1, -0.05) is 75.9 Å². The van der Waals surface area contributed by atoms with Crippen molar-refractivity contribution in [1.29, 1.82) is 0 Å². The third-order valence-electron chi connectivity index (χ3n) is 5.96. The largest absolute Gasteiger partial charge is 0.425 e. The summed E-state index contributed by atoms with van der Waals surface area (Å²) in [4.78, 5) is 16.6. The second kappa shape index (κ2) is 18.8. The van der Waals surface area contributed by atoms with Gasteiger partial charge < -0.3 is 9.47 Å². The molecule has 0 saturated heterocycles. The number of aryl methyl sites for hydroxylation is 1. The fraction of sp³-hybridized carbons (Fsp3) is 0.548. The molecule has 0 aliphatic rings. The van der Waals surface area contributed by atoms with Gasteiger partial charge in [0.1, 0.15) is 5.75 Å². The molecule has 192 valence electrons. The van der Waals surface area contributed by atoms with Gasteiger partial charge in [-0.3, -0.25) is 9.78 Å². The van der Waals surface area contributed by atoms with Gasteiger partial charge in [-0.2, -0.15) is 0 Å². The van der Waals surface area contributed by atoms with Crippen LogP contribution in [0.4, 0.5) is 0 Å². The number of ether oxygens (including phenoxy) is 2. The van der Waals surface area contributed by atoms with Gasteiger partial charge in [0.05, 0.1) is 11.9 Å². The lowest BCUT2D eigenvalue weighted by atomic mass is 10.0. The molecule has 0 aliphatic carbocycles. The summed E-state index contributed by atoms with van der Waals surface area (Å²) >= 11 is 0. The third kappa shape index (κ3) is 13.3. The van der Waals surface area contributed by atoms with Crippen molar-refractivity contribution in [3.05, 3.63) is 60.3 Å². The van der Waals surface area contributed by atoms with Crippen LogP contribution in [0.2, 0.25) is 0 Å². The fourth-order valence-electron chi connectivity index (χ4n) is 3.88. The first-order valence-electron chi connectivity index (χ1n) is 13.7. The zero-order valence-corrected chi connectivity index (χ0v) is 22.0. The smallest absolute Gasteiger partial charge is 0.311 e. The third-order valence-corrected chi connectivity index (χ3v) is 5.96. The van der Waals surface area contributed by atoms with E-state index in [9.17, 15) is 4.79 Å². The van der Waals surface area contributed by atoms with Crippen molar-refractivity contribution in [2.24, 2.45) is 0 Å². The van der Waals surface area contributed by atoms with E-state index in [0.717, 1.165) is 63.0 Å². The quantitative estimate of drug-likeness (QED) is 0.115. The molecule has 2 aromatic rings. The van der Waals surface area contributed by atoms with Crippen molar-refractivity contribution in [1.82, 2.24) is 4.98 Å². The Labute approximate surface area is 213 Å². The Morgan fingerprint density at radius 3 is 2.29 bits per heavy atom.